The Labute approximate surface area is 83.2 Å². The summed E-state index contributed by atoms with van der Waals surface area (Å²) in [6, 6.07) is 5.20. The van der Waals surface area contributed by atoms with E-state index in [0.717, 1.165) is 0 Å². The number of pyridine rings is 1. The number of carbonyl (C=O) groups excluding carboxylic acids is 1. The number of hydrogen-bond acceptors (Lipinski definition) is 3. The molecule has 0 fully saturated rings. The van der Waals surface area contributed by atoms with Crippen LogP contribution >= 0.6 is 0 Å². The molecule has 0 saturated carbocycles. The highest BCUT2D eigenvalue weighted by Gasteiger charge is 2.13. The van der Waals surface area contributed by atoms with Gasteiger partial charge in [0.15, 0.2) is 0 Å². The first-order valence-corrected chi connectivity index (χ1v) is 4.60. The Morgan fingerprint density at radius 2 is 2.36 bits per heavy atom. The molecule has 1 amide bonds. The first-order chi connectivity index (χ1) is 6.79. The lowest BCUT2D eigenvalue weighted by molar-refractivity contribution is 0.0726. The fraction of sp³-hybridized carbons (Fsp3) is 0.400. The number of aromatic nitrogens is 1. The third-order valence-electron chi connectivity index (χ3n) is 1.92. The van der Waals surface area contributed by atoms with Crippen LogP contribution in [0.3, 0.4) is 0 Å². The third kappa shape index (κ3) is 2.53. The molecule has 0 spiro atoms. The van der Waals surface area contributed by atoms with E-state index in [1.54, 1.807) is 29.3 Å². The number of aliphatic hydroxyl groups excluding tert-OH is 1. The van der Waals surface area contributed by atoms with Gasteiger partial charge >= 0.3 is 0 Å². The van der Waals surface area contributed by atoms with Crippen LogP contribution < -0.4 is 0 Å². The van der Waals surface area contributed by atoms with Gasteiger partial charge < -0.3 is 10.0 Å². The van der Waals surface area contributed by atoms with Crippen LogP contribution in [0.2, 0.25) is 0 Å². The first-order valence-electron chi connectivity index (χ1n) is 4.60. The van der Waals surface area contributed by atoms with Gasteiger partial charge in [-0.25, -0.2) is 0 Å². The molecule has 0 saturated heterocycles. The van der Waals surface area contributed by atoms with Crippen LogP contribution in [0.25, 0.3) is 0 Å². The molecule has 1 N–H and O–H groups in total. The average Bonchev–Trinajstić information content (AvgIpc) is 2.26. The van der Waals surface area contributed by atoms with Gasteiger partial charge in [0.1, 0.15) is 5.69 Å². The number of carbonyl (C=O) groups is 1. The predicted octanol–water partition coefficient (Wildman–Crippen LogP) is 0.536. The van der Waals surface area contributed by atoms with Crippen molar-refractivity contribution in [2.45, 2.75) is 6.92 Å². The minimum atomic E-state index is -0.137. The Balaban J connectivity index is 2.73. The van der Waals surface area contributed by atoms with Gasteiger partial charge in [0.05, 0.1) is 6.61 Å². The number of rotatable bonds is 4. The van der Waals surface area contributed by atoms with Crippen LogP contribution in [0, 0.1) is 0 Å². The summed E-state index contributed by atoms with van der Waals surface area (Å²) >= 11 is 0. The van der Waals surface area contributed by atoms with Crippen molar-refractivity contribution in [3.8, 4) is 0 Å². The number of likely N-dealkylation sites (N-methyl/N-ethyl adjacent to an activating group) is 1. The smallest absolute Gasteiger partial charge is 0.272 e. The molecule has 0 aromatic carbocycles. The van der Waals surface area contributed by atoms with Gasteiger partial charge in [-0.3, -0.25) is 9.78 Å². The van der Waals surface area contributed by atoms with E-state index in [-0.39, 0.29) is 12.5 Å². The Kier molecular flexibility index (Phi) is 4.07. The Hall–Kier alpha value is -1.42. The molecule has 1 aromatic heterocycles. The van der Waals surface area contributed by atoms with Crippen molar-refractivity contribution < 1.29 is 9.90 Å². The highest BCUT2D eigenvalue weighted by atomic mass is 16.3. The van der Waals surface area contributed by atoms with Crippen LogP contribution in [-0.4, -0.2) is 40.6 Å². The molecule has 1 heterocycles. The lowest BCUT2D eigenvalue weighted by Gasteiger charge is -2.18. The van der Waals surface area contributed by atoms with E-state index in [4.69, 9.17) is 5.11 Å². The highest BCUT2D eigenvalue weighted by molar-refractivity contribution is 5.92. The van der Waals surface area contributed by atoms with Crippen molar-refractivity contribution in [2.24, 2.45) is 0 Å². The number of hydrogen-bond donors (Lipinski definition) is 1. The summed E-state index contributed by atoms with van der Waals surface area (Å²) in [5, 5.41) is 8.75. The lowest BCUT2D eigenvalue weighted by atomic mass is 10.3. The van der Waals surface area contributed by atoms with E-state index in [1.165, 1.54) is 0 Å². The van der Waals surface area contributed by atoms with Crippen LogP contribution in [0.15, 0.2) is 24.4 Å². The summed E-state index contributed by atoms with van der Waals surface area (Å²) in [6.45, 7) is 2.78. The van der Waals surface area contributed by atoms with Crippen molar-refractivity contribution in [3.05, 3.63) is 30.1 Å². The largest absolute Gasteiger partial charge is 0.395 e. The van der Waals surface area contributed by atoms with Crippen molar-refractivity contribution in [1.29, 1.82) is 0 Å². The molecule has 0 radical (unpaired) electrons. The fourth-order valence-electron chi connectivity index (χ4n) is 1.18. The van der Waals surface area contributed by atoms with E-state index in [1.807, 2.05) is 6.92 Å². The molecule has 0 aliphatic rings. The topological polar surface area (TPSA) is 53.4 Å². The van der Waals surface area contributed by atoms with Crippen molar-refractivity contribution in [1.82, 2.24) is 9.88 Å². The SMILES string of the molecule is CCN(CCO)C(=O)c1ccccn1. The molecule has 0 aliphatic heterocycles. The fourth-order valence-corrected chi connectivity index (χ4v) is 1.18. The van der Waals surface area contributed by atoms with Crippen LogP contribution in [-0.2, 0) is 0 Å². The summed E-state index contributed by atoms with van der Waals surface area (Å²) < 4.78 is 0. The maximum Gasteiger partial charge on any atom is 0.272 e. The third-order valence-corrected chi connectivity index (χ3v) is 1.92. The minimum absolute atomic E-state index is 0.0214. The summed E-state index contributed by atoms with van der Waals surface area (Å²) in [5.74, 6) is -0.137. The Morgan fingerprint density at radius 3 is 2.86 bits per heavy atom. The minimum Gasteiger partial charge on any atom is -0.395 e. The second-order valence-corrected chi connectivity index (χ2v) is 2.82. The monoisotopic (exact) mass is 194 g/mol. The molecular formula is C10H14N2O2. The number of nitrogens with zero attached hydrogens (tertiary/aromatic N) is 2. The van der Waals surface area contributed by atoms with Crippen molar-refractivity contribution in [3.63, 3.8) is 0 Å². The molecule has 4 nitrogen and oxygen atoms in total. The standard InChI is InChI=1S/C10H14N2O2/c1-2-12(7-8-13)10(14)9-5-3-4-6-11-9/h3-6,13H,2,7-8H2,1H3. The lowest BCUT2D eigenvalue weighted by Crippen LogP contribution is -2.33. The quantitative estimate of drug-likeness (QED) is 0.761. The predicted molar refractivity (Wildman–Crippen MR) is 52.9 cm³/mol. The van der Waals surface area contributed by atoms with E-state index in [2.05, 4.69) is 4.98 Å². The summed E-state index contributed by atoms with van der Waals surface area (Å²) in [6.07, 6.45) is 1.58. The van der Waals surface area contributed by atoms with Crippen LogP contribution in [0.5, 0.6) is 0 Å². The van der Waals surface area contributed by atoms with Gasteiger partial charge in [0.25, 0.3) is 5.91 Å². The van der Waals surface area contributed by atoms with Crippen LogP contribution in [0.1, 0.15) is 17.4 Å². The molecule has 0 aliphatic carbocycles. The van der Waals surface area contributed by atoms with Gasteiger partial charge in [0, 0.05) is 19.3 Å². The zero-order chi connectivity index (χ0) is 10.4. The van der Waals surface area contributed by atoms with Gasteiger partial charge in [-0.1, -0.05) is 6.07 Å². The molecule has 0 unspecified atom stereocenters. The van der Waals surface area contributed by atoms with Gasteiger partial charge in [-0.05, 0) is 19.1 Å². The molecule has 1 aromatic rings. The maximum absolute atomic E-state index is 11.7. The zero-order valence-electron chi connectivity index (χ0n) is 8.18. The van der Waals surface area contributed by atoms with Gasteiger partial charge in [0.2, 0.25) is 0 Å². The molecule has 0 atom stereocenters. The van der Waals surface area contributed by atoms with Crippen molar-refractivity contribution in [2.75, 3.05) is 19.7 Å². The van der Waals surface area contributed by atoms with Gasteiger partial charge in [-0.15, -0.1) is 0 Å². The maximum atomic E-state index is 11.7. The summed E-state index contributed by atoms with van der Waals surface area (Å²) in [4.78, 5) is 17.2. The molecule has 14 heavy (non-hydrogen) atoms. The van der Waals surface area contributed by atoms with Gasteiger partial charge in [-0.2, -0.15) is 0 Å². The second kappa shape index (κ2) is 5.34. The number of aliphatic hydroxyl groups is 1. The molecule has 76 valence electrons. The van der Waals surface area contributed by atoms with E-state index in [0.29, 0.717) is 18.8 Å². The second-order valence-electron chi connectivity index (χ2n) is 2.82. The first kappa shape index (κ1) is 10.7. The Bertz CT molecular complexity index is 287. The summed E-state index contributed by atoms with van der Waals surface area (Å²) in [5.41, 5.74) is 0.419. The molecular weight excluding hydrogens is 180 g/mol. The summed E-state index contributed by atoms with van der Waals surface area (Å²) in [7, 11) is 0. The average molecular weight is 194 g/mol. The Morgan fingerprint density at radius 1 is 1.57 bits per heavy atom. The van der Waals surface area contributed by atoms with Crippen LogP contribution in [0.4, 0.5) is 0 Å². The molecule has 1 rings (SSSR count). The molecule has 0 bridgehead atoms. The van der Waals surface area contributed by atoms with Crippen molar-refractivity contribution >= 4 is 5.91 Å². The zero-order valence-corrected chi connectivity index (χ0v) is 8.18. The van der Waals surface area contributed by atoms with E-state index >= 15 is 0 Å². The molecule has 4 heteroatoms. The van der Waals surface area contributed by atoms with E-state index < -0.39 is 0 Å². The normalized spacial score (nSPS) is 9.86. The van der Waals surface area contributed by atoms with E-state index in [9.17, 15) is 4.79 Å². The highest BCUT2D eigenvalue weighted by Crippen LogP contribution is 2.00. The number of amides is 1.